The van der Waals surface area contributed by atoms with E-state index < -0.39 is 5.97 Å². The van der Waals surface area contributed by atoms with Crippen LogP contribution in [-0.4, -0.2) is 20.9 Å². The molecule has 94 valence electrons. The first kappa shape index (κ1) is 12.8. The topological polar surface area (TPSA) is 55.1 Å². The lowest BCUT2D eigenvalue weighted by atomic mass is 10.2. The third kappa shape index (κ3) is 2.18. The van der Waals surface area contributed by atoms with Crippen LogP contribution < -0.4 is 0 Å². The number of carboxylic acids is 1. The van der Waals surface area contributed by atoms with Crippen LogP contribution in [0.15, 0.2) is 28.9 Å². The third-order valence-corrected chi connectivity index (χ3v) is 3.69. The van der Waals surface area contributed by atoms with Gasteiger partial charge in [-0.25, -0.2) is 9.48 Å². The van der Waals surface area contributed by atoms with Gasteiger partial charge >= 0.3 is 5.97 Å². The van der Waals surface area contributed by atoms with Gasteiger partial charge in [-0.1, -0.05) is 28.9 Å². The Balaban J connectivity index is 2.57. The van der Waals surface area contributed by atoms with E-state index in [1.165, 1.54) is 6.20 Å². The van der Waals surface area contributed by atoms with Crippen molar-refractivity contribution in [1.82, 2.24) is 9.78 Å². The molecule has 18 heavy (non-hydrogen) atoms. The number of benzene rings is 1. The minimum Gasteiger partial charge on any atom is -0.478 e. The Hall–Kier alpha value is -1.62. The van der Waals surface area contributed by atoms with Gasteiger partial charge < -0.3 is 5.11 Å². The van der Waals surface area contributed by atoms with E-state index in [0.717, 1.165) is 15.7 Å². The molecule has 0 aliphatic heterocycles. The number of rotatable bonds is 3. The maximum atomic E-state index is 11.1. The van der Waals surface area contributed by atoms with Gasteiger partial charge in [-0.2, -0.15) is 5.10 Å². The first-order valence-corrected chi connectivity index (χ1v) is 6.40. The number of aromatic carboxylic acids is 1. The summed E-state index contributed by atoms with van der Waals surface area (Å²) in [6.45, 7) is 3.92. The minimum atomic E-state index is -0.940. The molecule has 1 aromatic heterocycles. The van der Waals surface area contributed by atoms with Gasteiger partial charge in [0, 0.05) is 4.47 Å². The predicted molar refractivity (Wildman–Crippen MR) is 72.3 cm³/mol. The molecule has 0 bridgehead atoms. The monoisotopic (exact) mass is 308 g/mol. The van der Waals surface area contributed by atoms with Gasteiger partial charge in [0.2, 0.25) is 0 Å². The standard InChI is InChI=1S/C13H13BrN2O2/c1-3-12-10(13(17)18)7-15-16(12)9-5-4-8(2)11(14)6-9/h4-7H,3H2,1-2H3,(H,17,18). The van der Waals surface area contributed by atoms with Gasteiger partial charge in [-0.3, -0.25) is 0 Å². The first-order chi connectivity index (χ1) is 8.54. The fraction of sp³-hybridized carbons (Fsp3) is 0.231. The summed E-state index contributed by atoms with van der Waals surface area (Å²) in [5.74, 6) is -0.940. The maximum absolute atomic E-state index is 11.1. The number of hydrogen-bond donors (Lipinski definition) is 1. The molecule has 5 heteroatoms. The Labute approximate surface area is 113 Å². The number of hydrogen-bond acceptors (Lipinski definition) is 2. The van der Waals surface area contributed by atoms with Crippen molar-refractivity contribution in [3.63, 3.8) is 0 Å². The van der Waals surface area contributed by atoms with Gasteiger partial charge in [-0.15, -0.1) is 0 Å². The molecule has 0 spiro atoms. The van der Waals surface area contributed by atoms with Crippen molar-refractivity contribution in [2.75, 3.05) is 0 Å². The highest BCUT2D eigenvalue weighted by molar-refractivity contribution is 9.10. The fourth-order valence-corrected chi connectivity index (χ4v) is 2.20. The lowest BCUT2D eigenvalue weighted by Crippen LogP contribution is -2.05. The van der Waals surface area contributed by atoms with Crippen LogP contribution in [0.3, 0.4) is 0 Å². The zero-order valence-corrected chi connectivity index (χ0v) is 11.7. The van der Waals surface area contributed by atoms with E-state index in [-0.39, 0.29) is 5.56 Å². The zero-order chi connectivity index (χ0) is 13.3. The Kier molecular flexibility index (Phi) is 3.52. The van der Waals surface area contributed by atoms with Crippen LogP contribution >= 0.6 is 15.9 Å². The summed E-state index contributed by atoms with van der Waals surface area (Å²) in [4.78, 5) is 11.1. The van der Waals surface area contributed by atoms with Crippen molar-refractivity contribution in [1.29, 1.82) is 0 Å². The van der Waals surface area contributed by atoms with E-state index in [4.69, 9.17) is 5.11 Å². The van der Waals surface area contributed by atoms with Crippen molar-refractivity contribution in [3.05, 3.63) is 45.7 Å². The van der Waals surface area contributed by atoms with Gasteiger partial charge in [-0.05, 0) is 31.0 Å². The lowest BCUT2D eigenvalue weighted by Gasteiger charge is -2.08. The SMILES string of the molecule is CCc1c(C(=O)O)cnn1-c1ccc(C)c(Br)c1. The van der Waals surface area contributed by atoms with Crippen LogP contribution in [0.4, 0.5) is 0 Å². The van der Waals surface area contributed by atoms with Crippen LogP contribution in [0.1, 0.15) is 28.5 Å². The minimum absolute atomic E-state index is 0.259. The Bertz CT molecular complexity index is 605. The van der Waals surface area contributed by atoms with Crippen LogP contribution in [0, 0.1) is 6.92 Å². The second-order valence-corrected chi connectivity index (χ2v) is 4.86. The quantitative estimate of drug-likeness (QED) is 0.947. The van der Waals surface area contributed by atoms with E-state index in [2.05, 4.69) is 21.0 Å². The molecule has 2 aromatic rings. The van der Waals surface area contributed by atoms with Gasteiger partial charge in [0.25, 0.3) is 0 Å². The first-order valence-electron chi connectivity index (χ1n) is 5.61. The number of carboxylic acid groups (broad SMARTS) is 1. The number of halogens is 1. The molecule has 1 N–H and O–H groups in total. The molecule has 0 aliphatic carbocycles. The summed E-state index contributed by atoms with van der Waals surface area (Å²) in [5, 5.41) is 13.3. The highest BCUT2D eigenvalue weighted by Gasteiger charge is 2.16. The molecule has 0 fully saturated rings. The Morgan fingerprint density at radius 2 is 2.22 bits per heavy atom. The molecule has 0 unspecified atom stereocenters. The van der Waals surface area contributed by atoms with Crippen molar-refractivity contribution in [3.8, 4) is 5.69 Å². The highest BCUT2D eigenvalue weighted by atomic mass is 79.9. The summed E-state index contributed by atoms with van der Waals surface area (Å²) in [6.07, 6.45) is 2.02. The highest BCUT2D eigenvalue weighted by Crippen LogP contribution is 2.22. The van der Waals surface area contributed by atoms with Gasteiger partial charge in [0.15, 0.2) is 0 Å². The smallest absolute Gasteiger partial charge is 0.339 e. The number of aryl methyl sites for hydroxylation is 1. The predicted octanol–water partition coefficient (Wildman–Crippen LogP) is 3.20. The summed E-state index contributed by atoms with van der Waals surface area (Å²) in [6, 6.07) is 5.84. The van der Waals surface area contributed by atoms with Gasteiger partial charge in [0.05, 0.1) is 17.6 Å². The van der Waals surface area contributed by atoms with Crippen LogP contribution in [0.2, 0.25) is 0 Å². The average molecular weight is 309 g/mol. The normalized spacial score (nSPS) is 10.6. The fourth-order valence-electron chi connectivity index (χ4n) is 1.83. The van der Waals surface area contributed by atoms with E-state index in [0.29, 0.717) is 12.1 Å². The molecule has 2 rings (SSSR count). The molecule has 0 aliphatic rings. The Morgan fingerprint density at radius 3 is 2.78 bits per heavy atom. The molecule has 1 heterocycles. The van der Waals surface area contributed by atoms with Crippen LogP contribution in [0.25, 0.3) is 5.69 Å². The van der Waals surface area contributed by atoms with Crippen molar-refractivity contribution < 1.29 is 9.90 Å². The van der Waals surface area contributed by atoms with Gasteiger partial charge in [0.1, 0.15) is 5.56 Å². The summed E-state index contributed by atoms with van der Waals surface area (Å²) < 4.78 is 2.66. The molecular formula is C13H13BrN2O2. The second-order valence-electron chi connectivity index (χ2n) is 4.01. The summed E-state index contributed by atoms with van der Waals surface area (Å²) in [7, 11) is 0. The maximum Gasteiger partial charge on any atom is 0.339 e. The van der Waals surface area contributed by atoms with Crippen molar-refractivity contribution >= 4 is 21.9 Å². The lowest BCUT2D eigenvalue weighted by molar-refractivity contribution is 0.0695. The number of nitrogens with zero attached hydrogens (tertiary/aromatic N) is 2. The Morgan fingerprint density at radius 1 is 1.50 bits per heavy atom. The average Bonchev–Trinajstić information content (AvgIpc) is 2.76. The molecular weight excluding hydrogens is 296 g/mol. The molecule has 0 radical (unpaired) electrons. The molecule has 4 nitrogen and oxygen atoms in total. The van der Waals surface area contributed by atoms with Crippen molar-refractivity contribution in [2.45, 2.75) is 20.3 Å². The van der Waals surface area contributed by atoms with Crippen LogP contribution in [-0.2, 0) is 6.42 Å². The molecule has 0 saturated carbocycles. The number of carbonyl (C=O) groups is 1. The zero-order valence-electron chi connectivity index (χ0n) is 10.1. The molecule has 0 atom stereocenters. The van der Waals surface area contributed by atoms with Crippen molar-refractivity contribution in [2.24, 2.45) is 0 Å². The second kappa shape index (κ2) is 4.94. The molecule has 0 amide bonds. The number of aromatic nitrogens is 2. The van der Waals surface area contributed by atoms with Crippen LogP contribution in [0.5, 0.6) is 0 Å². The summed E-state index contributed by atoms with van der Waals surface area (Å²) >= 11 is 3.47. The molecule has 0 saturated heterocycles. The molecule has 1 aromatic carbocycles. The van der Waals surface area contributed by atoms with E-state index >= 15 is 0 Å². The van der Waals surface area contributed by atoms with E-state index in [1.807, 2.05) is 32.0 Å². The third-order valence-electron chi connectivity index (χ3n) is 2.83. The largest absolute Gasteiger partial charge is 0.478 e. The summed E-state index contributed by atoms with van der Waals surface area (Å²) in [5.41, 5.74) is 2.95. The van der Waals surface area contributed by atoms with E-state index in [9.17, 15) is 4.79 Å². The van der Waals surface area contributed by atoms with E-state index in [1.54, 1.807) is 4.68 Å².